The first-order chi connectivity index (χ1) is 8.25. The van der Waals surface area contributed by atoms with Crippen LogP contribution in [0.25, 0.3) is 0 Å². The van der Waals surface area contributed by atoms with E-state index in [4.69, 9.17) is 4.74 Å². The van der Waals surface area contributed by atoms with Gasteiger partial charge in [0.2, 0.25) is 0 Å². The summed E-state index contributed by atoms with van der Waals surface area (Å²) in [5, 5.41) is 11.0. The highest BCUT2D eigenvalue weighted by atomic mass is 16.6. The largest absolute Gasteiger partial charge is 0.379 e. The third kappa shape index (κ3) is 3.76. The second-order valence-electron chi connectivity index (χ2n) is 4.49. The van der Waals surface area contributed by atoms with E-state index in [1.165, 1.54) is 0 Å². The van der Waals surface area contributed by atoms with Crippen LogP contribution < -0.4 is 5.32 Å². The maximum absolute atomic E-state index is 5.32. The minimum atomic E-state index is 0.421. The van der Waals surface area contributed by atoms with Crippen LogP contribution in [0.5, 0.6) is 0 Å². The maximum Gasteiger partial charge on any atom is 0.121 e. The maximum atomic E-state index is 5.32. The normalized spacial score (nSPS) is 19.4. The van der Waals surface area contributed by atoms with Gasteiger partial charge in [-0.1, -0.05) is 10.3 Å². The summed E-state index contributed by atoms with van der Waals surface area (Å²) < 4.78 is 9.98. The van der Waals surface area contributed by atoms with Gasteiger partial charge in [0.05, 0.1) is 13.2 Å². The van der Waals surface area contributed by atoms with Gasteiger partial charge < -0.3 is 10.1 Å². The molecular formula is C11H20N4O2. The molecule has 17 heavy (non-hydrogen) atoms. The summed E-state index contributed by atoms with van der Waals surface area (Å²) >= 11 is 0. The zero-order valence-electron chi connectivity index (χ0n) is 10.5. The lowest BCUT2D eigenvalue weighted by Gasteiger charge is -2.29. The van der Waals surface area contributed by atoms with E-state index in [-0.39, 0.29) is 0 Å². The van der Waals surface area contributed by atoms with Crippen molar-refractivity contribution < 1.29 is 9.37 Å². The highest BCUT2D eigenvalue weighted by Gasteiger charge is 2.14. The van der Waals surface area contributed by atoms with E-state index >= 15 is 0 Å². The molecule has 0 spiro atoms. The molecule has 0 aromatic carbocycles. The Morgan fingerprint density at radius 3 is 2.76 bits per heavy atom. The molecule has 0 bridgehead atoms. The minimum Gasteiger partial charge on any atom is -0.379 e. The molecule has 1 fully saturated rings. The number of hydrogen-bond donors (Lipinski definition) is 1. The number of hydrogen-bond acceptors (Lipinski definition) is 6. The van der Waals surface area contributed by atoms with Gasteiger partial charge in [-0.25, -0.2) is 4.63 Å². The Morgan fingerprint density at radius 1 is 1.35 bits per heavy atom. The first-order valence-corrected chi connectivity index (χ1v) is 6.07. The lowest BCUT2D eigenvalue weighted by molar-refractivity contribution is 0.0343. The van der Waals surface area contributed by atoms with E-state index in [2.05, 4.69) is 32.1 Å². The molecule has 96 valence electrons. The predicted molar refractivity (Wildman–Crippen MR) is 62.6 cm³/mol. The highest BCUT2D eigenvalue weighted by Crippen LogP contribution is 2.02. The van der Waals surface area contributed by atoms with Crippen LogP contribution in [0.15, 0.2) is 4.63 Å². The molecule has 1 N–H and O–H groups in total. The van der Waals surface area contributed by atoms with E-state index in [9.17, 15) is 0 Å². The summed E-state index contributed by atoms with van der Waals surface area (Å²) in [6, 6.07) is 0.421. The average Bonchev–Trinajstić information content (AvgIpc) is 2.74. The van der Waals surface area contributed by atoms with Gasteiger partial charge >= 0.3 is 0 Å². The van der Waals surface area contributed by atoms with Gasteiger partial charge in [0.1, 0.15) is 11.4 Å². The molecule has 0 aliphatic carbocycles. The SMILES string of the molecule is Cc1nonc1CN[C@@H](C)CN1CCOCC1. The van der Waals surface area contributed by atoms with Crippen molar-refractivity contribution >= 4 is 0 Å². The van der Waals surface area contributed by atoms with Crippen LogP contribution in [-0.4, -0.2) is 54.1 Å². The first-order valence-electron chi connectivity index (χ1n) is 6.07. The Hall–Kier alpha value is -0.980. The molecule has 1 aliphatic heterocycles. The van der Waals surface area contributed by atoms with Gasteiger partial charge in [0.15, 0.2) is 0 Å². The molecule has 1 saturated heterocycles. The third-order valence-corrected chi connectivity index (χ3v) is 3.00. The topological polar surface area (TPSA) is 63.4 Å². The van der Waals surface area contributed by atoms with Crippen LogP contribution >= 0.6 is 0 Å². The van der Waals surface area contributed by atoms with E-state index in [1.54, 1.807) is 0 Å². The second kappa shape index (κ2) is 6.09. The predicted octanol–water partition coefficient (Wildman–Crippen LogP) is 0.188. The summed E-state index contributed by atoms with van der Waals surface area (Å²) in [4.78, 5) is 2.41. The van der Waals surface area contributed by atoms with Crippen molar-refractivity contribution in [3.8, 4) is 0 Å². The van der Waals surface area contributed by atoms with Gasteiger partial charge in [-0.3, -0.25) is 4.90 Å². The van der Waals surface area contributed by atoms with Crippen LogP contribution in [-0.2, 0) is 11.3 Å². The third-order valence-electron chi connectivity index (χ3n) is 3.00. The molecule has 6 nitrogen and oxygen atoms in total. The smallest absolute Gasteiger partial charge is 0.121 e. The number of nitrogens with zero attached hydrogens (tertiary/aromatic N) is 3. The van der Waals surface area contributed by atoms with Gasteiger partial charge in [0.25, 0.3) is 0 Å². The molecule has 1 aromatic rings. The van der Waals surface area contributed by atoms with Crippen LogP contribution in [0.1, 0.15) is 18.3 Å². The average molecular weight is 240 g/mol. The van der Waals surface area contributed by atoms with Crippen molar-refractivity contribution in [1.82, 2.24) is 20.5 Å². The fraction of sp³-hybridized carbons (Fsp3) is 0.818. The van der Waals surface area contributed by atoms with Crippen molar-refractivity contribution in [2.24, 2.45) is 0 Å². The fourth-order valence-corrected chi connectivity index (χ4v) is 1.92. The summed E-state index contributed by atoms with van der Waals surface area (Å²) in [5.74, 6) is 0. The van der Waals surface area contributed by atoms with E-state index < -0.39 is 0 Å². The fourth-order valence-electron chi connectivity index (χ4n) is 1.92. The molecule has 2 rings (SSSR count). The molecule has 1 aliphatic rings. The van der Waals surface area contributed by atoms with Crippen molar-refractivity contribution in [1.29, 1.82) is 0 Å². The molecular weight excluding hydrogens is 220 g/mol. The monoisotopic (exact) mass is 240 g/mol. The Kier molecular flexibility index (Phi) is 4.47. The van der Waals surface area contributed by atoms with Gasteiger partial charge in [-0.15, -0.1) is 0 Å². The molecule has 0 saturated carbocycles. The van der Waals surface area contributed by atoms with E-state index in [0.717, 1.165) is 44.2 Å². The second-order valence-corrected chi connectivity index (χ2v) is 4.49. The van der Waals surface area contributed by atoms with Gasteiger partial charge in [0, 0.05) is 32.2 Å². The van der Waals surface area contributed by atoms with Gasteiger partial charge in [-0.2, -0.15) is 0 Å². The first kappa shape index (κ1) is 12.5. The Bertz CT molecular complexity index is 336. The number of aromatic nitrogens is 2. The minimum absolute atomic E-state index is 0.421. The lowest BCUT2D eigenvalue weighted by Crippen LogP contribution is -2.44. The van der Waals surface area contributed by atoms with Crippen LogP contribution in [0.4, 0.5) is 0 Å². The van der Waals surface area contributed by atoms with Crippen molar-refractivity contribution in [3.05, 3.63) is 11.4 Å². The lowest BCUT2D eigenvalue weighted by atomic mass is 10.2. The quantitative estimate of drug-likeness (QED) is 0.792. The summed E-state index contributed by atoms with van der Waals surface area (Å²) in [6.45, 7) is 9.57. The van der Waals surface area contributed by atoms with Crippen molar-refractivity contribution in [3.63, 3.8) is 0 Å². The zero-order chi connectivity index (χ0) is 12.1. The molecule has 1 aromatic heterocycles. The standard InChI is InChI=1S/C11H20N4O2/c1-9(8-15-3-5-16-6-4-15)12-7-11-10(2)13-17-14-11/h9,12H,3-8H2,1-2H3/t9-/m0/s1. The molecule has 6 heteroatoms. The molecule has 2 heterocycles. The van der Waals surface area contributed by atoms with Crippen LogP contribution in [0, 0.1) is 6.92 Å². The molecule has 0 unspecified atom stereocenters. The Labute approximate surface area is 101 Å². The molecule has 1 atom stereocenters. The van der Waals surface area contributed by atoms with Crippen molar-refractivity contribution in [2.75, 3.05) is 32.8 Å². The zero-order valence-corrected chi connectivity index (χ0v) is 10.5. The van der Waals surface area contributed by atoms with Crippen molar-refractivity contribution in [2.45, 2.75) is 26.4 Å². The van der Waals surface area contributed by atoms with E-state index in [0.29, 0.717) is 12.6 Å². The number of aryl methyl sites for hydroxylation is 1. The number of nitrogens with one attached hydrogen (secondary N) is 1. The summed E-state index contributed by atoms with van der Waals surface area (Å²) in [6.07, 6.45) is 0. The highest BCUT2D eigenvalue weighted by molar-refractivity contribution is 5.03. The molecule has 0 radical (unpaired) electrons. The number of morpholine rings is 1. The summed E-state index contributed by atoms with van der Waals surface area (Å²) in [7, 11) is 0. The summed E-state index contributed by atoms with van der Waals surface area (Å²) in [5.41, 5.74) is 1.75. The van der Waals surface area contributed by atoms with Gasteiger partial charge in [-0.05, 0) is 13.8 Å². The van der Waals surface area contributed by atoms with E-state index in [1.807, 2.05) is 6.92 Å². The number of rotatable bonds is 5. The molecule has 0 amide bonds. The van der Waals surface area contributed by atoms with Crippen LogP contribution in [0.2, 0.25) is 0 Å². The number of ether oxygens (including phenoxy) is 1. The van der Waals surface area contributed by atoms with Crippen LogP contribution in [0.3, 0.4) is 0 Å². The Morgan fingerprint density at radius 2 is 2.12 bits per heavy atom. The Balaban J connectivity index is 1.70.